The highest BCUT2D eigenvalue weighted by Gasteiger charge is 2.25. The van der Waals surface area contributed by atoms with Crippen LogP contribution in [0.5, 0.6) is 5.75 Å². The smallest absolute Gasteiger partial charge is 0.222 e. The first kappa shape index (κ1) is 16.3. The van der Waals surface area contributed by atoms with E-state index in [0.29, 0.717) is 12.1 Å². The minimum Gasteiger partial charge on any atom is -0.489 e. The Morgan fingerprint density at radius 3 is 2.84 bits per heavy atom. The van der Waals surface area contributed by atoms with E-state index in [4.69, 9.17) is 4.74 Å². The number of anilines is 1. The Balaban J connectivity index is 1.19. The molecule has 0 saturated heterocycles. The van der Waals surface area contributed by atoms with Gasteiger partial charge in [-0.15, -0.1) is 0 Å². The molecule has 1 aromatic heterocycles. The summed E-state index contributed by atoms with van der Waals surface area (Å²) in [6.45, 7) is 2.77. The zero-order valence-electron chi connectivity index (χ0n) is 14.6. The average molecular weight is 338 g/mol. The van der Waals surface area contributed by atoms with Crippen LogP contribution in [0, 0.1) is 0 Å². The minimum absolute atomic E-state index is 0.296. The number of ether oxygens (including phenoxy) is 1. The Morgan fingerprint density at radius 2 is 1.92 bits per heavy atom. The second-order valence-corrected chi connectivity index (χ2v) is 6.88. The number of benzene rings is 1. The Kier molecular flexibility index (Phi) is 5.11. The molecule has 25 heavy (non-hydrogen) atoms. The third-order valence-electron chi connectivity index (χ3n) is 5.08. The van der Waals surface area contributed by atoms with Gasteiger partial charge in [0, 0.05) is 25.5 Å². The van der Waals surface area contributed by atoms with Gasteiger partial charge in [-0.2, -0.15) is 0 Å². The van der Waals surface area contributed by atoms with Gasteiger partial charge in [0.2, 0.25) is 5.95 Å². The van der Waals surface area contributed by atoms with Gasteiger partial charge in [0.25, 0.3) is 0 Å². The molecule has 0 fully saturated rings. The molecule has 1 atom stereocenters. The van der Waals surface area contributed by atoms with Crippen molar-refractivity contribution < 1.29 is 4.74 Å². The number of hydrogen-bond donors (Lipinski definition) is 2. The quantitative estimate of drug-likeness (QED) is 0.760. The fourth-order valence-electron chi connectivity index (χ4n) is 3.78. The molecule has 0 spiro atoms. The van der Waals surface area contributed by atoms with Crippen molar-refractivity contribution >= 4 is 5.95 Å². The SMILES string of the molecule is c1cnc(NCCCNCC2CCc3ccc4c(c3O2)CCC4)nc1. The van der Waals surface area contributed by atoms with Gasteiger partial charge >= 0.3 is 0 Å². The molecule has 1 aliphatic carbocycles. The molecule has 132 valence electrons. The molecule has 0 saturated carbocycles. The van der Waals surface area contributed by atoms with Crippen LogP contribution >= 0.6 is 0 Å². The van der Waals surface area contributed by atoms with Crippen LogP contribution in [0.25, 0.3) is 0 Å². The fourth-order valence-corrected chi connectivity index (χ4v) is 3.78. The summed E-state index contributed by atoms with van der Waals surface area (Å²) in [5.74, 6) is 1.90. The second-order valence-electron chi connectivity index (χ2n) is 6.88. The van der Waals surface area contributed by atoms with E-state index in [-0.39, 0.29) is 0 Å². The van der Waals surface area contributed by atoms with Crippen LogP contribution in [0.2, 0.25) is 0 Å². The van der Waals surface area contributed by atoms with E-state index in [1.54, 1.807) is 12.4 Å². The number of rotatable bonds is 7. The fraction of sp³-hybridized carbons (Fsp3) is 0.500. The van der Waals surface area contributed by atoms with Crippen LogP contribution in [0.4, 0.5) is 5.95 Å². The summed E-state index contributed by atoms with van der Waals surface area (Å²) in [7, 11) is 0. The third-order valence-corrected chi connectivity index (χ3v) is 5.08. The van der Waals surface area contributed by atoms with E-state index < -0.39 is 0 Å². The number of nitrogens with one attached hydrogen (secondary N) is 2. The van der Waals surface area contributed by atoms with E-state index in [2.05, 4.69) is 32.7 Å². The van der Waals surface area contributed by atoms with Crippen molar-refractivity contribution in [2.45, 2.75) is 44.6 Å². The van der Waals surface area contributed by atoms with Crippen molar-refractivity contribution in [3.8, 4) is 5.75 Å². The molecule has 1 aromatic carbocycles. The first-order valence-corrected chi connectivity index (χ1v) is 9.42. The van der Waals surface area contributed by atoms with Crippen molar-refractivity contribution in [2.75, 3.05) is 25.0 Å². The van der Waals surface area contributed by atoms with E-state index in [0.717, 1.165) is 38.9 Å². The van der Waals surface area contributed by atoms with Crippen molar-refractivity contribution in [3.63, 3.8) is 0 Å². The molecule has 5 nitrogen and oxygen atoms in total. The van der Waals surface area contributed by atoms with Crippen LogP contribution in [0.1, 0.15) is 36.0 Å². The van der Waals surface area contributed by atoms with Gasteiger partial charge in [-0.25, -0.2) is 9.97 Å². The van der Waals surface area contributed by atoms with Gasteiger partial charge in [0.1, 0.15) is 11.9 Å². The Bertz CT molecular complexity index is 704. The van der Waals surface area contributed by atoms with Crippen LogP contribution < -0.4 is 15.4 Å². The molecule has 5 heteroatoms. The number of aryl methyl sites for hydroxylation is 2. The molecule has 2 N–H and O–H groups in total. The average Bonchev–Trinajstić information content (AvgIpc) is 3.14. The summed E-state index contributed by atoms with van der Waals surface area (Å²) < 4.78 is 6.35. The number of fused-ring (bicyclic) bond motifs is 3. The van der Waals surface area contributed by atoms with Gasteiger partial charge in [-0.1, -0.05) is 12.1 Å². The number of aromatic nitrogens is 2. The Hall–Kier alpha value is -2.14. The minimum atomic E-state index is 0.296. The van der Waals surface area contributed by atoms with Crippen LogP contribution in [-0.2, 0) is 19.3 Å². The maximum atomic E-state index is 6.35. The summed E-state index contributed by atoms with van der Waals surface area (Å²) in [6, 6.07) is 6.41. The Morgan fingerprint density at radius 1 is 1.04 bits per heavy atom. The molecule has 2 aromatic rings. The van der Waals surface area contributed by atoms with E-state index >= 15 is 0 Å². The predicted octanol–water partition coefficient (Wildman–Crippen LogP) is 2.75. The maximum absolute atomic E-state index is 6.35. The van der Waals surface area contributed by atoms with E-state index in [1.807, 2.05) is 6.07 Å². The van der Waals surface area contributed by atoms with Crippen LogP contribution in [-0.4, -0.2) is 35.7 Å². The van der Waals surface area contributed by atoms with Crippen molar-refractivity contribution in [1.82, 2.24) is 15.3 Å². The van der Waals surface area contributed by atoms with Gasteiger partial charge in [-0.05, 0) is 67.8 Å². The molecular formula is C20H26N4O. The first-order chi connectivity index (χ1) is 12.4. The summed E-state index contributed by atoms with van der Waals surface area (Å²) in [5.41, 5.74) is 4.39. The van der Waals surface area contributed by atoms with Crippen LogP contribution in [0.15, 0.2) is 30.6 Å². The second kappa shape index (κ2) is 7.83. The van der Waals surface area contributed by atoms with Crippen molar-refractivity contribution in [3.05, 3.63) is 47.3 Å². The van der Waals surface area contributed by atoms with E-state index in [1.165, 1.54) is 41.7 Å². The lowest BCUT2D eigenvalue weighted by Gasteiger charge is -2.28. The zero-order valence-corrected chi connectivity index (χ0v) is 14.6. The summed E-state index contributed by atoms with van der Waals surface area (Å²) in [6.07, 6.45) is 10.8. The number of nitrogens with zero attached hydrogens (tertiary/aromatic N) is 2. The van der Waals surface area contributed by atoms with Gasteiger partial charge in [-0.3, -0.25) is 0 Å². The highest BCUT2D eigenvalue weighted by Crippen LogP contribution is 2.37. The van der Waals surface area contributed by atoms with E-state index in [9.17, 15) is 0 Å². The summed E-state index contributed by atoms with van der Waals surface area (Å²) in [4.78, 5) is 8.31. The first-order valence-electron chi connectivity index (χ1n) is 9.42. The molecular weight excluding hydrogens is 312 g/mol. The van der Waals surface area contributed by atoms with Crippen molar-refractivity contribution in [1.29, 1.82) is 0 Å². The topological polar surface area (TPSA) is 59.1 Å². The van der Waals surface area contributed by atoms with Gasteiger partial charge < -0.3 is 15.4 Å². The summed E-state index contributed by atoms with van der Waals surface area (Å²) in [5, 5.41) is 6.76. The van der Waals surface area contributed by atoms with Crippen LogP contribution in [0.3, 0.4) is 0 Å². The summed E-state index contributed by atoms with van der Waals surface area (Å²) >= 11 is 0. The zero-order chi connectivity index (χ0) is 16.9. The third kappa shape index (κ3) is 3.93. The lowest BCUT2D eigenvalue weighted by atomic mass is 9.97. The molecule has 0 radical (unpaired) electrons. The highest BCUT2D eigenvalue weighted by atomic mass is 16.5. The van der Waals surface area contributed by atoms with Gasteiger partial charge in [0.15, 0.2) is 0 Å². The lowest BCUT2D eigenvalue weighted by molar-refractivity contribution is 0.169. The normalized spacial score (nSPS) is 18.3. The Labute approximate surface area is 149 Å². The highest BCUT2D eigenvalue weighted by molar-refractivity contribution is 5.49. The molecule has 1 unspecified atom stereocenters. The van der Waals surface area contributed by atoms with Crippen molar-refractivity contribution in [2.24, 2.45) is 0 Å². The lowest BCUT2D eigenvalue weighted by Crippen LogP contribution is -2.35. The van der Waals surface area contributed by atoms with Gasteiger partial charge in [0.05, 0.1) is 0 Å². The molecule has 4 rings (SSSR count). The molecule has 1 aliphatic heterocycles. The largest absolute Gasteiger partial charge is 0.489 e. The predicted molar refractivity (Wildman–Crippen MR) is 99.2 cm³/mol. The molecule has 2 heterocycles. The molecule has 0 amide bonds. The molecule has 2 aliphatic rings. The number of hydrogen-bond acceptors (Lipinski definition) is 5. The standard InChI is InChI=1S/C20H26N4O/c1-4-15-6-7-16-8-9-17(25-19(16)18(15)5-1)14-21-10-2-11-22-20-23-12-3-13-24-20/h3,6-7,12-13,17,21H,1-2,4-5,8-11,14H2,(H,22,23,24). The molecule has 0 bridgehead atoms. The monoisotopic (exact) mass is 338 g/mol. The maximum Gasteiger partial charge on any atom is 0.222 e.